The maximum absolute atomic E-state index is 6.74. The highest BCUT2D eigenvalue weighted by Gasteiger charge is 2.46. The van der Waals surface area contributed by atoms with Crippen molar-refractivity contribution >= 4 is 85.2 Å². The van der Waals surface area contributed by atoms with E-state index in [4.69, 9.17) is 4.42 Å². The van der Waals surface area contributed by atoms with Gasteiger partial charge >= 0.3 is 6.85 Å². The van der Waals surface area contributed by atoms with Crippen LogP contribution in [-0.4, -0.2) is 6.85 Å². The largest absolute Gasteiger partial charge is 0.456 e. The Morgan fingerprint density at radius 1 is 0.400 bits per heavy atom. The summed E-state index contributed by atoms with van der Waals surface area (Å²) in [7, 11) is 0. The van der Waals surface area contributed by atoms with Crippen LogP contribution in [0.1, 0.15) is 58.2 Å². The van der Waals surface area contributed by atoms with Gasteiger partial charge in [-0.05, 0) is 164 Å². The summed E-state index contributed by atoms with van der Waals surface area (Å²) < 4.78 is 6.74. The van der Waals surface area contributed by atoms with Gasteiger partial charge in [0, 0.05) is 61.7 Å². The minimum atomic E-state index is -0.206. The van der Waals surface area contributed by atoms with Crippen LogP contribution in [0.3, 0.4) is 0 Å². The number of fused-ring (bicyclic) bond motifs is 8. The highest BCUT2D eigenvalue weighted by atomic mass is 16.3. The fourth-order valence-electron chi connectivity index (χ4n) is 12.6. The summed E-state index contributed by atoms with van der Waals surface area (Å²) in [6.07, 6.45) is 0. The van der Waals surface area contributed by atoms with Crippen LogP contribution in [0.4, 0.5) is 45.5 Å². The molecule has 11 aromatic carbocycles. The van der Waals surface area contributed by atoms with Crippen molar-refractivity contribution in [3.63, 3.8) is 0 Å². The molecule has 0 saturated carbocycles. The lowest BCUT2D eigenvalue weighted by Crippen LogP contribution is -2.61. The molecule has 0 amide bonds. The number of nitrogens with zero attached hydrogens (tertiary/aromatic N) is 3. The van der Waals surface area contributed by atoms with Crippen molar-refractivity contribution in [2.24, 2.45) is 0 Å². The number of para-hydroxylation sites is 1. The van der Waals surface area contributed by atoms with Gasteiger partial charge in [0.25, 0.3) is 0 Å². The standard InChI is InChI=1S/C75H62BN3O/c1-49-45-63-71-66(43-44-70-72(71)61-25-17-18-26-69(61)80-70)79(59-38-31-55(32-39-59)74(2,3)4)76-64-41-40-60(48-67(64)78(68(46-49)73(63)76)65-42-33-56(75(5,6)7)47-62(65)54-23-15-10-16-24-54)77(57-34-27-52(28-35-57)50-19-11-8-12-20-50)58-36-29-53(30-37-58)51-21-13-9-14-22-51/h8-48H,1-7H3. The maximum Gasteiger partial charge on any atom is 0.333 e. The van der Waals surface area contributed by atoms with E-state index in [0.717, 1.165) is 67.4 Å². The van der Waals surface area contributed by atoms with Crippen LogP contribution in [-0.2, 0) is 10.8 Å². The second kappa shape index (κ2) is 19.0. The number of anilines is 8. The lowest BCUT2D eigenvalue weighted by Gasteiger charge is -2.46. The summed E-state index contributed by atoms with van der Waals surface area (Å²) in [6, 6.07) is 92.1. The molecule has 4 nitrogen and oxygen atoms in total. The highest BCUT2D eigenvalue weighted by Crippen LogP contribution is 2.53. The average Bonchev–Trinajstić information content (AvgIpc) is 2.47. The van der Waals surface area contributed by atoms with Gasteiger partial charge in [-0.15, -0.1) is 0 Å². The Hall–Kier alpha value is -9.32. The van der Waals surface area contributed by atoms with Crippen molar-refractivity contribution in [3.05, 3.63) is 265 Å². The first-order chi connectivity index (χ1) is 38.9. The van der Waals surface area contributed by atoms with Gasteiger partial charge in [0.1, 0.15) is 11.2 Å². The average molecular weight is 1030 g/mol. The molecule has 2 aliphatic rings. The number of aryl methyl sites for hydroxylation is 1. The third kappa shape index (κ3) is 8.30. The Balaban J connectivity index is 1.07. The molecule has 1 aromatic heterocycles. The predicted octanol–water partition coefficient (Wildman–Crippen LogP) is 19.7. The van der Waals surface area contributed by atoms with Gasteiger partial charge < -0.3 is 19.0 Å². The van der Waals surface area contributed by atoms with Gasteiger partial charge in [0.2, 0.25) is 0 Å². The van der Waals surface area contributed by atoms with E-state index in [2.05, 4.69) is 312 Å². The molecule has 3 heterocycles. The van der Waals surface area contributed by atoms with E-state index in [-0.39, 0.29) is 17.7 Å². The molecule has 2 aliphatic heterocycles. The SMILES string of the molecule is Cc1cc2c3c(c1)N(c1ccc(C(C)(C)C)cc1-c1ccccc1)c1cc(N(c4ccc(-c5ccccc5)cc4)c4ccc(-c5ccccc5)cc4)ccc1B3N(c1ccc(C(C)(C)C)cc1)c1ccc3oc4ccccc4c3c1-2. The van der Waals surface area contributed by atoms with Crippen molar-refractivity contribution in [3.8, 4) is 44.5 Å². The first-order valence-electron chi connectivity index (χ1n) is 28.1. The zero-order chi connectivity index (χ0) is 54.4. The second-order valence-electron chi connectivity index (χ2n) is 23.8. The van der Waals surface area contributed by atoms with Crippen molar-refractivity contribution in [2.45, 2.75) is 59.3 Å². The number of rotatable bonds is 8. The molecular formula is C75H62BN3O. The van der Waals surface area contributed by atoms with E-state index in [1.807, 2.05) is 0 Å². The van der Waals surface area contributed by atoms with E-state index >= 15 is 0 Å². The van der Waals surface area contributed by atoms with Crippen molar-refractivity contribution in [2.75, 3.05) is 14.6 Å². The van der Waals surface area contributed by atoms with Crippen LogP contribution in [0.5, 0.6) is 0 Å². The predicted molar refractivity (Wildman–Crippen MR) is 341 cm³/mol. The Morgan fingerprint density at radius 3 is 1.55 bits per heavy atom. The summed E-state index contributed by atoms with van der Waals surface area (Å²) in [4.78, 5) is 7.66. The zero-order valence-corrected chi connectivity index (χ0v) is 46.5. The van der Waals surface area contributed by atoms with E-state index in [0.29, 0.717) is 0 Å². The second-order valence-corrected chi connectivity index (χ2v) is 23.8. The van der Waals surface area contributed by atoms with Gasteiger partial charge in [-0.3, -0.25) is 0 Å². The lowest BCUT2D eigenvalue weighted by atomic mass is 9.43. The van der Waals surface area contributed by atoms with Crippen molar-refractivity contribution in [1.29, 1.82) is 0 Å². The molecule has 0 bridgehead atoms. The van der Waals surface area contributed by atoms with Crippen LogP contribution in [0, 0.1) is 6.92 Å². The number of hydrogen-bond donors (Lipinski definition) is 0. The summed E-state index contributed by atoms with van der Waals surface area (Å²) in [5.74, 6) is 0. The first-order valence-corrected chi connectivity index (χ1v) is 28.1. The quantitative estimate of drug-likeness (QED) is 0.142. The minimum Gasteiger partial charge on any atom is -0.456 e. The summed E-state index contributed by atoms with van der Waals surface area (Å²) in [5.41, 5.74) is 26.3. The summed E-state index contributed by atoms with van der Waals surface area (Å²) >= 11 is 0. The van der Waals surface area contributed by atoms with Crippen LogP contribution < -0.4 is 25.5 Å². The van der Waals surface area contributed by atoms with Gasteiger partial charge in [-0.25, -0.2) is 0 Å². The van der Waals surface area contributed by atoms with E-state index in [1.54, 1.807) is 0 Å². The smallest absolute Gasteiger partial charge is 0.333 e. The Bertz CT molecular complexity index is 4220. The monoisotopic (exact) mass is 1030 g/mol. The summed E-state index contributed by atoms with van der Waals surface area (Å²) in [5, 5.41) is 2.26. The van der Waals surface area contributed by atoms with Crippen LogP contribution in [0.25, 0.3) is 66.4 Å². The number of benzene rings is 11. The maximum atomic E-state index is 6.74. The third-order valence-corrected chi connectivity index (χ3v) is 16.6. The van der Waals surface area contributed by atoms with Crippen molar-refractivity contribution in [1.82, 2.24) is 0 Å². The summed E-state index contributed by atoms with van der Waals surface area (Å²) in [6.45, 7) is 15.9. The molecule has 0 N–H and O–H groups in total. The lowest BCUT2D eigenvalue weighted by molar-refractivity contribution is 0.590. The fraction of sp³-hybridized carbons (Fsp3) is 0.120. The van der Waals surface area contributed by atoms with E-state index in [9.17, 15) is 0 Å². The Kier molecular flexibility index (Phi) is 11.6. The van der Waals surface area contributed by atoms with Crippen LogP contribution in [0.2, 0.25) is 0 Å². The van der Waals surface area contributed by atoms with Gasteiger partial charge in [0.05, 0.1) is 5.69 Å². The molecule has 0 unspecified atom stereocenters. The van der Waals surface area contributed by atoms with Gasteiger partial charge in [-0.2, -0.15) is 0 Å². The van der Waals surface area contributed by atoms with Crippen LogP contribution in [0.15, 0.2) is 253 Å². The molecule has 14 rings (SSSR count). The van der Waals surface area contributed by atoms with Crippen LogP contribution >= 0.6 is 0 Å². The number of hydrogen-bond acceptors (Lipinski definition) is 4. The Labute approximate surface area is 471 Å². The van der Waals surface area contributed by atoms with E-state index in [1.165, 1.54) is 72.1 Å². The van der Waals surface area contributed by atoms with Gasteiger partial charge in [-0.1, -0.05) is 205 Å². The molecular weight excluding hydrogens is 970 g/mol. The fourth-order valence-corrected chi connectivity index (χ4v) is 12.6. The Morgan fingerprint density at radius 2 is 0.938 bits per heavy atom. The topological polar surface area (TPSA) is 22.9 Å². The minimum absolute atomic E-state index is 0.0134. The first kappa shape index (κ1) is 49.0. The molecule has 0 atom stereocenters. The van der Waals surface area contributed by atoms with Crippen molar-refractivity contribution < 1.29 is 4.42 Å². The molecule has 386 valence electrons. The molecule has 0 spiro atoms. The van der Waals surface area contributed by atoms with Gasteiger partial charge in [0.15, 0.2) is 0 Å². The molecule has 0 fully saturated rings. The van der Waals surface area contributed by atoms with E-state index < -0.39 is 0 Å². The third-order valence-electron chi connectivity index (χ3n) is 16.6. The molecule has 80 heavy (non-hydrogen) atoms. The molecule has 5 heteroatoms. The highest BCUT2D eigenvalue weighted by molar-refractivity contribution is 6.93. The molecule has 12 aromatic rings. The molecule has 0 saturated heterocycles. The number of furan rings is 1. The molecule has 0 aliphatic carbocycles. The normalized spacial score (nSPS) is 12.9. The molecule has 0 radical (unpaired) electrons. The zero-order valence-electron chi connectivity index (χ0n) is 46.5.